The van der Waals surface area contributed by atoms with Crippen molar-refractivity contribution in [2.45, 2.75) is 32.8 Å². The Morgan fingerprint density at radius 1 is 1.44 bits per heavy atom. The topological polar surface area (TPSA) is 108 Å². The smallest absolute Gasteiger partial charge is 0.272 e. The molecule has 0 unspecified atom stereocenters. The number of morpholine rings is 1. The number of amides is 1. The van der Waals surface area contributed by atoms with Gasteiger partial charge in [-0.1, -0.05) is 13.8 Å². The molecule has 0 aromatic carbocycles. The maximum atomic E-state index is 12.7. The van der Waals surface area contributed by atoms with Gasteiger partial charge in [-0.15, -0.1) is 0 Å². The third kappa shape index (κ3) is 3.51. The minimum absolute atomic E-state index is 0.176. The van der Waals surface area contributed by atoms with E-state index in [0.29, 0.717) is 42.5 Å². The molecule has 1 aliphatic rings. The zero-order valence-corrected chi connectivity index (χ0v) is 14.5. The molecule has 2 aromatic rings. The quantitative estimate of drug-likeness (QED) is 0.911. The molecule has 2 aromatic heterocycles. The fraction of sp³-hybridized carbons (Fsp3) is 0.471. The predicted molar refractivity (Wildman–Crippen MR) is 88.8 cm³/mol. The van der Waals surface area contributed by atoms with E-state index in [1.54, 1.807) is 24.0 Å². The van der Waals surface area contributed by atoms with Crippen LogP contribution >= 0.6 is 0 Å². The first-order valence-corrected chi connectivity index (χ1v) is 8.20. The number of pyridine rings is 1. The number of nitriles is 1. The van der Waals surface area contributed by atoms with E-state index in [9.17, 15) is 4.79 Å². The Hall–Kier alpha value is -2.79. The molecular formula is C17H20N6O2. The summed E-state index contributed by atoms with van der Waals surface area (Å²) >= 11 is 0. The second-order valence-electron chi connectivity index (χ2n) is 6.29. The van der Waals surface area contributed by atoms with Crippen LogP contribution in [-0.4, -0.2) is 50.7 Å². The molecule has 8 nitrogen and oxygen atoms in total. The molecule has 0 radical (unpaired) electrons. The molecule has 3 rings (SSSR count). The summed E-state index contributed by atoms with van der Waals surface area (Å²) in [5.41, 5.74) is 1.35. The average molecular weight is 340 g/mol. The lowest BCUT2D eigenvalue weighted by Crippen LogP contribution is -2.42. The summed E-state index contributed by atoms with van der Waals surface area (Å²) in [7, 11) is 0. The first-order valence-electron chi connectivity index (χ1n) is 8.20. The first kappa shape index (κ1) is 17.0. The summed E-state index contributed by atoms with van der Waals surface area (Å²) in [6.07, 6.45) is -0.336. The van der Waals surface area contributed by atoms with Crippen molar-refractivity contribution >= 4 is 5.91 Å². The number of H-pyrrole nitrogens is 1. The van der Waals surface area contributed by atoms with Crippen LogP contribution in [0.5, 0.6) is 0 Å². The van der Waals surface area contributed by atoms with Gasteiger partial charge in [-0.05, 0) is 19.1 Å². The SMILES string of the molecule is Cc1nc(C(=O)N2CCO[C@H](c3nc(C(C)C)n[nH]3)C2)ccc1C#N. The minimum atomic E-state index is -0.336. The van der Waals surface area contributed by atoms with Crippen molar-refractivity contribution in [1.82, 2.24) is 25.1 Å². The molecule has 3 heterocycles. The molecule has 1 amide bonds. The summed E-state index contributed by atoms with van der Waals surface area (Å²) in [5.74, 6) is 1.40. The highest BCUT2D eigenvalue weighted by atomic mass is 16.5. The van der Waals surface area contributed by atoms with Crippen molar-refractivity contribution in [2.75, 3.05) is 19.7 Å². The third-order valence-electron chi connectivity index (χ3n) is 4.12. The van der Waals surface area contributed by atoms with Crippen LogP contribution in [0.2, 0.25) is 0 Å². The van der Waals surface area contributed by atoms with Gasteiger partial charge >= 0.3 is 0 Å². The van der Waals surface area contributed by atoms with E-state index in [0.717, 1.165) is 5.82 Å². The van der Waals surface area contributed by atoms with Crippen molar-refractivity contribution in [3.05, 3.63) is 40.7 Å². The van der Waals surface area contributed by atoms with E-state index in [1.165, 1.54) is 0 Å². The summed E-state index contributed by atoms with van der Waals surface area (Å²) in [5, 5.41) is 16.1. The fourth-order valence-electron chi connectivity index (χ4n) is 2.65. The molecule has 0 aliphatic carbocycles. The predicted octanol–water partition coefficient (Wildman–Crippen LogP) is 1.72. The Kier molecular flexibility index (Phi) is 4.76. The molecule has 0 bridgehead atoms. The number of carbonyl (C=O) groups excluding carboxylic acids is 1. The van der Waals surface area contributed by atoms with Gasteiger partial charge in [0.2, 0.25) is 0 Å². The van der Waals surface area contributed by atoms with Crippen molar-refractivity contribution in [3.63, 3.8) is 0 Å². The monoisotopic (exact) mass is 340 g/mol. The largest absolute Gasteiger partial charge is 0.367 e. The second-order valence-corrected chi connectivity index (χ2v) is 6.29. The molecule has 130 valence electrons. The number of aromatic nitrogens is 4. The highest BCUT2D eigenvalue weighted by Crippen LogP contribution is 2.22. The average Bonchev–Trinajstić information content (AvgIpc) is 3.11. The summed E-state index contributed by atoms with van der Waals surface area (Å²) in [6.45, 7) is 7.04. The number of aryl methyl sites for hydroxylation is 1. The number of rotatable bonds is 3. The minimum Gasteiger partial charge on any atom is -0.367 e. The van der Waals surface area contributed by atoms with Crippen LogP contribution in [0.3, 0.4) is 0 Å². The van der Waals surface area contributed by atoms with Gasteiger partial charge in [0.05, 0.1) is 24.4 Å². The Morgan fingerprint density at radius 2 is 2.24 bits per heavy atom. The zero-order chi connectivity index (χ0) is 18.0. The highest BCUT2D eigenvalue weighted by molar-refractivity contribution is 5.92. The normalized spacial score (nSPS) is 17.6. The van der Waals surface area contributed by atoms with Crippen molar-refractivity contribution in [1.29, 1.82) is 5.26 Å². The van der Waals surface area contributed by atoms with Crippen LogP contribution in [0.4, 0.5) is 0 Å². The van der Waals surface area contributed by atoms with Gasteiger partial charge in [-0.3, -0.25) is 9.89 Å². The molecular weight excluding hydrogens is 320 g/mol. The van der Waals surface area contributed by atoms with E-state index in [4.69, 9.17) is 10.00 Å². The number of carbonyl (C=O) groups is 1. The molecule has 1 atom stereocenters. The lowest BCUT2D eigenvalue weighted by molar-refractivity contribution is -0.0268. The molecule has 1 fully saturated rings. The van der Waals surface area contributed by atoms with E-state index < -0.39 is 0 Å². The Labute approximate surface area is 145 Å². The maximum Gasteiger partial charge on any atom is 0.272 e. The van der Waals surface area contributed by atoms with E-state index in [2.05, 4.69) is 26.2 Å². The van der Waals surface area contributed by atoms with Crippen LogP contribution in [0.1, 0.15) is 59.3 Å². The zero-order valence-electron chi connectivity index (χ0n) is 14.5. The summed E-state index contributed by atoms with van der Waals surface area (Å²) in [6, 6.07) is 5.26. The van der Waals surface area contributed by atoms with E-state index in [-0.39, 0.29) is 17.9 Å². The standard InChI is InChI=1S/C17H20N6O2/c1-10(2)15-20-16(22-21-15)14-9-23(6-7-25-14)17(24)13-5-4-12(8-18)11(3)19-13/h4-5,10,14H,6-7,9H2,1-3H3,(H,20,21,22)/t14-/m0/s1. The van der Waals surface area contributed by atoms with Crippen LogP contribution < -0.4 is 0 Å². The number of aromatic amines is 1. The van der Waals surface area contributed by atoms with Gasteiger partial charge in [0.1, 0.15) is 17.9 Å². The highest BCUT2D eigenvalue weighted by Gasteiger charge is 2.29. The molecule has 1 aliphatic heterocycles. The van der Waals surface area contributed by atoms with Crippen molar-refractivity contribution in [2.24, 2.45) is 0 Å². The van der Waals surface area contributed by atoms with Crippen LogP contribution in [-0.2, 0) is 4.74 Å². The van der Waals surface area contributed by atoms with Gasteiger partial charge in [-0.25, -0.2) is 9.97 Å². The summed E-state index contributed by atoms with van der Waals surface area (Å²) < 4.78 is 5.74. The van der Waals surface area contributed by atoms with Crippen LogP contribution in [0, 0.1) is 18.3 Å². The van der Waals surface area contributed by atoms with Crippen LogP contribution in [0.15, 0.2) is 12.1 Å². The van der Waals surface area contributed by atoms with Gasteiger partial charge in [0.25, 0.3) is 5.91 Å². The van der Waals surface area contributed by atoms with Gasteiger partial charge in [-0.2, -0.15) is 10.4 Å². The fourth-order valence-corrected chi connectivity index (χ4v) is 2.65. The lowest BCUT2D eigenvalue weighted by atomic mass is 10.2. The van der Waals surface area contributed by atoms with Gasteiger partial charge < -0.3 is 9.64 Å². The second kappa shape index (κ2) is 6.99. The van der Waals surface area contributed by atoms with Gasteiger partial charge in [0, 0.05) is 12.5 Å². The van der Waals surface area contributed by atoms with Crippen molar-refractivity contribution < 1.29 is 9.53 Å². The molecule has 1 N–H and O–H groups in total. The maximum absolute atomic E-state index is 12.7. The summed E-state index contributed by atoms with van der Waals surface area (Å²) in [4.78, 5) is 23.1. The van der Waals surface area contributed by atoms with Gasteiger partial charge in [0.15, 0.2) is 11.6 Å². The van der Waals surface area contributed by atoms with E-state index in [1.807, 2.05) is 13.8 Å². The van der Waals surface area contributed by atoms with E-state index >= 15 is 0 Å². The molecule has 25 heavy (non-hydrogen) atoms. The first-order chi connectivity index (χ1) is 12.0. The third-order valence-corrected chi connectivity index (χ3v) is 4.12. The molecule has 1 saturated heterocycles. The van der Waals surface area contributed by atoms with Crippen molar-refractivity contribution in [3.8, 4) is 6.07 Å². The lowest BCUT2D eigenvalue weighted by Gasteiger charge is -2.31. The Morgan fingerprint density at radius 3 is 2.88 bits per heavy atom. The molecule has 0 saturated carbocycles. The number of hydrogen-bond acceptors (Lipinski definition) is 6. The number of ether oxygens (including phenoxy) is 1. The number of nitrogens with one attached hydrogen (secondary N) is 1. The molecule has 8 heteroatoms. The Bertz CT molecular complexity index is 823. The number of hydrogen-bond donors (Lipinski definition) is 1. The Balaban J connectivity index is 1.75. The number of nitrogens with zero attached hydrogens (tertiary/aromatic N) is 5. The van der Waals surface area contributed by atoms with Crippen LogP contribution in [0.25, 0.3) is 0 Å². The molecule has 0 spiro atoms.